The summed E-state index contributed by atoms with van der Waals surface area (Å²) in [6, 6.07) is 11.6. The highest BCUT2D eigenvalue weighted by molar-refractivity contribution is 5.92. The molecule has 0 saturated carbocycles. The topological polar surface area (TPSA) is 64.1 Å². The minimum Gasteiger partial charge on any atom is -0.496 e. The lowest BCUT2D eigenvalue weighted by molar-refractivity contribution is -0.119. The van der Waals surface area contributed by atoms with Crippen molar-refractivity contribution in [2.24, 2.45) is 5.92 Å². The third-order valence-electron chi connectivity index (χ3n) is 4.20. The number of carbonyl (C=O) groups excluding carboxylic acids is 1. The highest BCUT2D eigenvalue weighted by Crippen LogP contribution is 2.31. The highest BCUT2D eigenvalue weighted by atomic mass is 19.1. The first-order valence-electron chi connectivity index (χ1n) is 8.56. The van der Waals surface area contributed by atoms with Gasteiger partial charge in [-0.05, 0) is 47.9 Å². The summed E-state index contributed by atoms with van der Waals surface area (Å²) in [5.74, 6) is 0.113. The van der Waals surface area contributed by atoms with Crippen LogP contribution in [0, 0.1) is 11.7 Å². The lowest BCUT2D eigenvalue weighted by atomic mass is 10.0. The Morgan fingerprint density at radius 3 is 2.81 bits per heavy atom. The van der Waals surface area contributed by atoms with Gasteiger partial charge in [-0.25, -0.2) is 9.37 Å². The number of halogens is 1. The van der Waals surface area contributed by atoms with Crippen LogP contribution in [0.2, 0.25) is 0 Å². The number of nitrogens with zero attached hydrogens (tertiary/aromatic N) is 2. The molecule has 1 N–H and O–H groups in total. The van der Waals surface area contributed by atoms with Gasteiger partial charge in [0.1, 0.15) is 17.4 Å². The van der Waals surface area contributed by atoms with Crippen LogP contribution >= 0.6 is 0 Å². The molecule has 1 aromatic carbocycles. The summed E-state index contributed by atoms with van der Waals surface area (Å²) < 4.78 is 18.7. The maximum Gasteiger partial charge on any atom is 0.228 e. The predicted octanol–water partition coefficient (Wildman–Crippen LogP) is 4.11. The average Bonchev–Trinajstić information content (AvgIpc) is 2.68. The smallest absolute Gasteiger partial charge is 0.228 e. The molecule has 0 spiro atoms. The number of nitrogens with one attached hydrogen (secondary N) is 1. The number of pyridine rings is 2. The summed E-state index contributed by atoms with van der Waals surface area (Å²) in [6.45, 7) is 1.86. The Bertz CT molecular complexity index is 932. The van der Waals surface area contributed by atoms with Crippen molar-refractivity contribution in [3.63, 3.8) is 0 Å². The molecule has 1 unspecified atom stereocenters. The zero-order valence-electron chi connectivity index (χ0n) is 15.1. The van der Waals surface area contributed by atoms with Crippen molar-refractivity contribution < 1.29 is 13.9 Å². The summed E-state index contributed by atoms with van der Waals surface area (Å²) in [5, 5.41) is 2.84. The van der Waals surface area contributed by atoms with Gasteiger partial charge in [-0.3, -0.25) is 9.78 Å². The van der Waals surface area contributed by atoms with Crippen LogP contribution in [-0.2, 0) is 11.2 Å². The van der Waals surface area contributed by atoms with E-state index in [0.717, 1.165) is 16.7 Å². The number of carbonyl (C=O) groups is 1. The lowest BCUT2D eigenvalue weighted by Gasteiger charge is -2.13. The summed E-state index contributed by atoms with van der Waals surface area (Å²) in [5.41, 5.74) is 2.50. The number of anilines is 1. The van der Waals surface area contributed by atoms with E-state index < -0.39 is 0 Å². The normalized spacial score (nSPS) is 11.7. The summed E-state index contributed by atoms with van der Waals surface area (Å²) >= 11 is 0. The fourth-order valence-corrected chi connectivity index (χ4v) is 2.78. The number of amides is 1. The molecule has 2 aromatic heterocycles. The van der Waals surface area contributed by atoms with Gasteiger partial charge in [-0.15, -0.1) is 0 Å². The molecule has 1 atom stereocenters. The molecular weight excluding hydrogens is 345 g/mol. The van der Waals surface area contributed by atoms with E-state index in [1.807, 2.05) is 19.1 Å². The molecule has 3 rings (SSSR count). The van der Waals surface area contributed by atoms with Crippen LogP contribution in [0.3, 0.4) is 0 Å². The van der Waals surface area contributed by atoms with Gasteiger partial charge in [0.15, 0.2) is 0 Å². The van der Waals surface area contributed by atoms with Crippen LogP contribution in [0.15, 0.2) is 61.1 Å². The van der Waals surface area contributed by atoms with Crippen molar-refractivity contribution in [2.45, 2.75) is 13.3 Å². The third-order valence-corrected chi connectivity index (χ3v) is 4.20. The first-order valence-corrected chi connectivity index (χ1v) is 8.56. The second-order valence-corrected chi connectivity index (χ2v) is 6.23. The molecule has 6 heteroatoms. The Morgan fingerprint density at radius 1 is 1.22 bits per heavy atom. The quantitative estimate of drug-likeness (QED) is 0.714. The maximum atomic E-state index is 13.4. The molecule has 2 heterocycles. The van der Waals surface area contributed by atoms with E-state index >= 15 is 0 Å². The molecule has 0 bridgehead atoms. The zero-order chi connectivity index (χ0) is 19.2. The first kappa shape index (κ1) is 18.5. The monoisotopic (exact) mass is 365 g/mol. The molecule has 0 saturated heterocycles. The molecule has 5 nitrogen and oxygen atoms in total. The molecule has 27 heavy (non-hydrogen) atoms. The molecular formula is C21H20FN3O2. The fourth-order valence-electron chi connectivity index (χ4n) is 2.78. The first-order chi connectivity index (χ1) is 13.1. The second-order valence-electron chi connectivity index (χ2n) is 6.23. The molecule has 0 fully saturated rings. The van der Waals surface area contributed by atoms with Gasteiger partial charge in [0, 0.05) is 36.1 Å². The zero-order valence-corrected chi connectivity index (χ0v) is 15.1. The Kier molecular flexibility index (Phi) is 5.76. The van der Waals surface area contributed by atoms with E-state index in [1.165, 1.54) is 19.2 Å². The maximum absolute atomic E-state index is 13.4. The van der Waals surface area contributed by atoms with Crippen molar-refractivity contribution in [1.29, 1.82) is 0 Å². The van der Waals surface area contributed by atoms with Gasteiger partial charge in [-0.1, -0.05) is 13.0 Å². The Hall–Kier alpha value is -3.28. The number of benzene rings is 1. The van der Waals surface area contributed by atoms with Gasteiger partial charge in [0.05, 0.1) is 7.11 Å². The second kappa shape index (κ2) is 8.40. The van der Waals surface area contributed by atoms with Crippen molar-refractivity contribution >= 4 is 11.7 Å². The number of ether oxygens (including phenoxy) is 1. The molecule has 138 valence electrons. The Labute approximate surface area is 157 Å². The van der Waals surface area contributed by atoms with E-state index in [4.69, 9.17) is 4.74 Å². The van der Waals surface area contributed by atoms with Crippen molar-refractivity contribution in [3.05, 3.63) is 72.4 Å². The number of rotatable bonds is 6. The van der Waals surface area contributed by atoms with Crippen molar-refractivity contribution in [2.75, 3.05) is 12.4 Å². The van der Waals surface area contributed by atoms with Gasteiger partial charge >= 0.3 is 0 Å². The lowest BCUT2D eigenvalue weighted by Crippen LogP contribution is -2.22. The van der Waals surface area contributed by atoms with Gasteiger partial charge in [-0.2, -0.15) is 0 Å². The summed E-state index contributed by atoms with van der Waals surface area (Å²) in [4.78, 5) is 20.8. The summed E-state index contributed by atoms with van der Waals surface area (Å²) in [6.07, 6.45) is 5.64. The van der Waals surface area contributed by atoms with Crippen LogP contribution in [-0.4, -0.2) is 23.0 Å². The van der Waals surface area contributed by atoms with E-state index in [2.05, 4.69) is 15.3 Å². The van der Waals surface area contributed by atoms with Crippen LogP contribution in [0.5, 0.6) is 5.75 Å². The van der Waals surface area contributed by atoms with Crippen LogP contribution in [0.4, 0.5) is 10.2 Å². The van der Waals surface area contributed by atoms with Gasteiger partial charge in [0.2, 0.25) is 5.91 Å². The standard InChI is InChI=1S/C21H20FN3O2/c1-14(10-15-4-3-8-23-13-15)21(26)25-20-11-16(7-9-24-20)18-6-5-17(22)12-19(18)27-2/h3-9,11-14H,10H2,1-2H3,(H,24,25,26). The van der Waals surface area contributed by atoms with Gasteiger partial charge < -0.3 is 10.1 Å². The Morgan fingerprint density at radius 2 is 2.07 bits per heavy atom. The molecule has 0 aliphatic heterocycles. The van der Waals surface area contributed by atoms with Crippen molar-refractivity contribution in [3.8, 4) is 16.9 Å². The van der Waals surface area contributed by atoms with Gasteiger partial charge in [0.25, 0.3) is 0 Å². The highest BCUT2D eigenvalue weighted by Gasteiger charge is 2.15. The van der Waals surface area contributed by atoms with Crippen LogP contribution in [0.1, 0.15) is 12.5 Å². The molecule has 0 aliphatic rings. The number of methoxy groups -OCH3 is 1. The van der Waals surface area contributed by atoms with Crippen LogP contribution in [0.25, 0.3) is 11.1 Å². The Balaban J connectivity index is 1.75. The minimum atomic E-state index is -0.373. The van der Waals surface area contributed by atoms with E-state index in [0.29, 0.717) is 18.0 Å². The van der Waals surface area contributed by atoms with E-state index in [9.17, 15) is 9.18 Å². The van der Waals surface area contributed by atoms with E-state index in [1.54, 1.807) is 36.8 Å². The fraction of sp³-hybridized carbons (Fsp3) is 0.190. The predicted molar refractivity (Wildman–Crippen MR) is 102 cm³/mol. The van der Waals surface area contributed by atoms with Crippen molar-refractivity contribution in [1.82, 2.24) is 9.97 Å². The SMILES string of the molecule is COc1cc(F)ccc1-c1ccnc(NC(=O)C(C)Cc2cccnc2)c1. The largest absolute Gasteiger partial charge is 0.496 e. The minimum absolute atomic E-state index is 0.130. The molecule has 1 amide bonds. The number of aromatic nitrogens is 2. The summed E-state index contributed by atoms with van der Waals surface area (Å²) in [7, 11) is 1.49. The number of hydrogen-bond acceptors (Lipinski definition) is 4. The molecule has 3 aromatic rings. The third kappa shape index (κ3) is 4.67. The van der Waals surface area contributed by atoms with E-state index in [-0.39, 0.29) is 17.6 Å². The molecule has 0 radical (unpaired) electrons. The molecule has 0 aliphatic carbocycles. The number of hydrogen-bond donors (Lipinski definition) is 1. The van der Waals surface area contributed by atoms with Crippen LogP contribution < -0.4 is 10.1 Å². The average molecular weight is 365 g/mol.